The number of ether oxygens (including phenoxy) is 1. The number of nitrogens with zero attached hydrogens (tertiary/aromatic N) is 1. The van der Waals surface area contributed by atoms with Gasteiger partial charge < -0.3 is 4.74 Å². The Bertz CT molecular complexity index is 299. The molecule has 2 amide bonds. The van der Waals surface area contributed by atoms with Gasteiger partial charge in [-0.15, -0.1) is 0 Å². The van der Waals surface area contributed by atoms with Gasteiger partial charge in [0.05, 0.1) is 0 Å². The van der Waals surface area contributed by atoms with E-state index < -0.39 is 5.60 Å². The number of hydrazine groups is 1. The highest BCUT2D eigenvalue weighted by Gasteiger charge is 2.32. The molecule has 1 heterocycles. The van der Waals surface area contributed by atoms with Gasteiger partial charge in [-0.05, 0) is 33.6 Å². The Morgan fingerprint density at radius 1 is 1.35 bits per heavy atom. The van der Waals surface area contributed by atoms with E-state index in [0.717, 1.165) is 12.8 Å². The van der Waals surface area contributed by atoms with Gasteiger partial charge >= 0.3 is 6.09 Å². The number of rotatable bonds is 2. The third-order valence-corrected chi connectivity index (χ3v) is 2.30. The van der Waals surface area contributed by atoms with Gasteiger partial charge in [0.1, 0.15) is 11.8 Å². The first-order valence-corrected chi connectivity index (χ1v) is 5.81. The van der Waals surface area contributed by atoms with Gasteiger partial charge in [-0.1, -0.05) is 0 Å². The van der Waals surface area contributed by atoms with Crippen LogP contribution < -0.4 is 10.9 Å². The van der Waals surface area contributed by atoms with Crippen LogP contribution in [-0.4, -0.2) is 35.2 Å². The van der Waals surface area contributed by atoms with E-state index in [-0.39, 0.29) is 18.2 Å². The smallest absolute Gasteiger partial charge is 0.411 e. The summed E-state index contributed by atoms with van der Waals surface area (Å²) in [5, 5.41) is 0. The molecule has 0 aliphatic carbocycles. The van der Waals surface area contributed by atoms with E-state index in [1.807, 2.05) is 20.8 Å². The molecule has 1 fully saturated rings. The van der Waals surface area contributed by atoms with E-state index in [1.165, 1.54) is 6.92 Å². The molecule has 0 bridgehead atoms. The van der Waals surface area contributed by atoms with E-state index >= 15 is 0 Å². The second kappa shape index (κ2) is 5.35. The molecule has 1 aliphatic rings. The highest BCUT2D eigenvalue weighted by molar-refractivity contribution is 5.72. The second-order valence-corrected chi connectivity index (χ2v) is 5.16. The van der Waals surface area contributed by atoms with Gasteiger partial charge in [-0.25, -0.2) is 10.2 Å². The molecule has 0 aromatic rings. The van der Waals surface area contributed by atoms with Crippen LogP contribution in [0.3, 0.4) is 0 Å². The summed E-state index contributed by atoms with van der Waals surface area (Å²) >= 11 is 0. The largest absolute Gasteiger partial charge is 0.444 e. The maximum Gasteiger partial charge on any atom is 0.411 e. The van der Waals surface area contributed by atoms with Gasteiger partial charge in [0.15, 0.2) is 0 Å². The molecule has 0 unspecified atom stereocenters. The molecule has 0 radical (unpaired) electrons. The van der Waals surface area contributed by atoms with Gasteiger partial charge in [0.2, 0.25) is 5.91 Å². The summed E-state index contributed by atoms with van der Waals surface area (Å²) in [5.74, 6) is -0.180. The van der Waals surface area contributed by atoms with E-state index in [4.69, 9.17) is 4.74 Å². The van der Waals surface area contributed by atoms with E-state index in [1.54, 1.807) is 4.90 Å². The van der Waals surface area contributed by atoms with E-state index in [0.29, 0.717) is 6.54 Å². The average Bonchev–Trinajstić information content (AvgIpc) is 2.59. The number of amides is 2. The van der Waals surface area contributed by atoms with Crippen LogP contribution in [0.2, 0.25) is 0 Å². The van der Waals surface area contributed by atoms with Crippen molar-refractivity contribution >= 4 is 12.0 Å². The molecular weight excluding hydrogens is 222 g/mol. The molecule has 0 saturated carbocycles. The van der Waals surface area contributed by atoms with E-state index in [2.05, 4.69) is 10.9 Å². The Labute approximate surface area is 102 Å². The highest BCUT2D eigenvalue weighted by Crippen LogP contribution is 2.18. The molecular formula is C11H21N3O3. The molecule has 1 rings (SSSR count). The maximum absolute atomic E-state index is 11.9. The molecule has 6 heteroatoms. The zero-order chi connectivity index (χ0) is 13.1. The molecule has 1 atom stereocenters. The molecule has 0 aromatic heterocycles. The van der Waals surface area contributed by atoms with Gasteiger partial charge in [0, 0.05) is 13.5 Å². The fourth-order valence-corrected chi connectivity index (χ4v) is 1.64. The zero-order valence-electron chi connectivity index (χ0n) is 10.9. The second-order valence-electron chi connectivity index (χ2n) is 5.16. The topological polar surface area (TPSA) is 70.7 Å². The van der Waals surface area contributed by atoms with E-state index in [9.17, 15) is 9.59 Å². The summed E-state index contributed by atoms with van der Waals surface area (Å²) in [5.41, 5.74) is 4.82. The highest BCUT2D eigenvalue weighted by atomic mass is 16.6. The Kier molecular flexibility index (Phi) is 4.34. The molecule has 2 N–H and O–H groups in total. The average molecular weight is 243 g/mol. The fraction of sp³-hybridized carbons (Fsp3) is 0.818. The molecule has 98 valence electrons. The monoisotopic (exact) mass is 243 g/mol. The van der Waals surface area contributed by atoms with Crippen molar-refractivity contribution in [3.8, 4) is 0 Å². The van der Waals surface area contributed by atoms with Crippen molar-refractivity contribution in [2.45, 2.75) is 52.3 Å². The first-order chi connectivity index (χ1) is 7.79. The summed E-state index contributed by atoms with van der Waals surface area (Å²) in [6, 6.07) is 0. The quantitative estimate of drug-likeness (QED) is 0.709. The summed E-state index contributed by atoms with van der Waals surface area (Å²) in [7, 11) is 0. The van der Waals surface area contributed by atoms with Crippen LogP contribution in [0.1, 0.15) is 40.5 Å². The van der Waals surface area contributed by atoms with Crippen molar-refractivity contribution in [2.24, 2.45) is 0 Å². The SMILES string of the molecule is CC(=O)NN[C@H]1CCCN1C(=O)OC(C)(C)C. The number of hydrogen-bond donors (Lipinski definition) is 2. The third kappa shape index (κ3) is 4.60. The number of carbonyl (C=O) groups excluding carboxylic acids is 2. The minimum absolute atomic E-state index is 0.180. The molecule has 1 aliphatic heterocycles. The number of hydrogen-bond acceptors (Lipinski definition) is 4. The van der Waals surface area contributed by atoms with Gasteiger partial charge in [0.25, 0.3) is 0 Å². The molecule has 17 heavy (non-hydrogen) atoms. The summed E-state index contributed by atoms with van der Waals surface area (Å²) in [6.45, 7) is 7.55. The van der Waals surface area contributed by atoms with Crippen LogP contribution in [-0.2, 0) is 9.53 Å². The van der Waals surface area contributed by atoms with Crippen LogP contribution in [0.15, 0.2) is 0 Å². The molecule has 0 aromatic carbocycles. The summed E-state index contributed by atoms with van der Waals surface area (Å²) < 4.78 is 5.29. The van der Waals surface area contributed by atoms with Crippen LogP contribution in [0.5, 0.6) is 0 Å². The molecule has 1 saturated heterocycles. The fourth-order valence-electron chi connectivity index (χ4n) is 1.64. The van der Waals surface area contributed by atoms with Crippen molar-refractivity contribution in [2.75, 3.05) is 6.54 Å². The standard InChI is InChI=1S/C11H21N3O3/c1-8(15)12-13-9-6-5-7-14(9)10(16)17-11(2,3)4/h9,13H,5-7H2,1-4H3,(H,12,15)/t9-/m1/s1. The van der Waals surface area contributed by atoms with Crippen LogP contribution in [0, 0.1) is 0 Å². The van der Waals surface area contributed by atoms with Crippen LogP contribution >= 0.6 is 0 Å². The predicted molar refractivity (Wildman–Crippen MR) is 62.9 cm³/mol. The number of likely N-dealkylation sites (tertiary alicyclic amines) is 1. The van der Waals surface area contributed by atoms with Crippen molar-refractivity contribution in [1.82, 2.24) is 15.8 Å². The lowest BCUT2D eigenvalue weighted by atomic mass is 10.2. The van der Waals surface area contributed by atoms with Crippen LogP contribution in [0.4, 0.5) is 4.79 Å². The normalized spacial score (nSPS) is 20.2. The minimum atomic E-state index is -0.502. The Morgan fingerprint density at radius 2 is 2.00 bits per heavy atom. The van der Waals surface area contributed by atoms with Crippen molar-refractivity contribution in [3.63, 3.8) is 0 Å². The molecule has 6 nitrogen and oxygen atoms in total. The lowest BCUT2D eigenvalue weighted by Crippen LogP contribution is -2.52. The van der Waals surface area contributed by atoms with Gasteiger partial charge in [-0.3, -0.25) is 15.1 Å². The Hall–Kier alpha value is -1.30. The van der Waals surface area contributed by atoms with Crippen molar-refractivity contribution in [1.29, 1.82) is 0 Å². The zero-order valence-corrected chi connectivity index (χ0v) is 10.9. The Morgan fingerprint density at radius 3 is 2.53 bits per heavy atom. The predicted octanol–water partition coefficient (Wildman–Crippen LogP) is 0.984. The maximum atomic E-state index is 11.9. The Balaban J connectivity index is 2.51. The summed E-state index contributed by atoms with van der Waals surface area (Å²) in [6.07, 6.45) is 1.17. The lowest BCUT2D eigenvalue weighted by molar-refractivity contribution is -0.120. The number of carbonyl (C=O) groups is 2. The van der Waals surface area contributed by atoms with Crippen molar-refractivity contribution in [3.05, 3.63) is 0 Å². The minimum Gasteiger partial charge on any atom is -0.444 e. The van der Waals surface area contributed by atoms with Crippen LogP contribution in [0.25, 0.3) is 0 Å². The lowest BCUT2D eigenvalue weighted by Gasteiger charge is -2.28. The summed E-state index contributed by atoms with van der Waals surface area (Å²) in [4.78, 5) is 24.3. The number of nitrogens with one attached hydrogen (secondary N) is 2. The molecule has 0 spiro atoms. The van der Waals surface area contributed by atoms with Crippen molar-refractivity contribution < 1.29 is 14.3 Å². The first-order valence-electron chi connectivity index (χ1n) is 5.81. The first kappa shape index (κ1) is 13.8. The van der Waals surface area contributed by atoms with Gasteiger partial charge in [-0.2, -0.15) is 0 Å². The third-order valence-electron chi connectivity index (χ3n) is 2.30.